The first kappa shape index (κ1) is 30.1. The summed E-state index contributed by atoms with van der Waals surface area (Å²) in [5, 5.41) is 9.02. The number of likely N-dealkylation sites (N-methyl/N-ethyl adjacent to an activating group) is 1. The van der Waals surface area contributed by atoms with E-state index in [4.69, 9.17) is 4.74 Å². The van der Waals surface area contributed by atoms with Crippen LogP contribution in [0.5, 0.6) is 0 Å². The molecule has 1 saturated carbocycles. The van der Waals surface area contributed by atoms with E-state index < -0.39 is 23.8 Å². The van der Waals surface area contributed by atoms with Gasteiger partial charge in [-0.1, -0.05) is 26.2 Å². The predicted octanol–water partition coefficient (Wildman–Crippen LogP) is 4.75. The van der Waals surface area contributed by atoms with Crippen molar-refractivity contribution in [2.45, 2.75) is 70.4 Å². The van der Waals surface area contributed by atoms with Gasteiger partial charge in [-0.2, -0.15) is 0 Å². The van der Waals surface area contributed by atoms with Gasteiger partial charge in [0.05, 0.1) is 19.8 Å². The van der Waals surface area contributed by atoms with Gasteiger partial charge in [0.2, 0.25) is 0 Å². The van der Waals surface area contributed by atoms with Crippen LogP contribution in [-0.2, 0) is 9.47 Å². The third-order valence-corrected chi connectivity index (χ3v) is 7.82. The molecule has 0 spiro atoms. The Kier molecular flexibility index (Phi) is 11.6. The summed E-state index contributed by atoms with van der Waals surface area (Å²) < 4.78 is 38.8. The van der Waals surface area contributed by atoms with Crippen LogP contribution in [0.1, 0.15) is 70.0 Å². The second kappa shape index (κ2) is 14.6. The minimum absolute atomic E-state index is 0.0183. The van der Waals surface area contributed by atoms with Gasteiger partial charge in [0.15, 0.2) is 0 Å². The normalized spacial score (nSPS) is 20.9. The smallest absolute Gasteiger partial charge is 0.406 e. The van der Waals surface area contributed by atoms with Crippen LogP contribution in [0.3, 0.4) is 0 Å². The minimum Gasteiger partial charge on any atom is -0.453 e. The molecule has 1 aromatic rings. The average Bonchev–Trinajstić information content (AvgIpc) is 2.88. The van der Waals surface area contributed by atoms with Crippen molar-refractivity contribution in [1.29, 1.82) is 0 Å². The van der Waals surface area contributed by atoms with Gasteiger partial charge in [-0.25, -0.2) is 18.4 Å². The largest absolute Gasteiger partial charge is 0.453 e. The molecule has 0 unspecified atom stereocenters. The molecular formula is C28H44F2N4O4. The van der Waals surface area contributed by atoms with E-state index in [0.29, 0.717) is 25.2 Å². The zero-order valence-electron chi connectivity index (χ0n) is 23.0. The van der Waals surface area contributed by atoms with Gasteiger partial charge in [-0.3, -0.25) is 0 Å². The van der Waals surface area contributed by atoms with Gasteiger partial charge in [0.1, 0.15) is 11.6 Å². The zero-order chi connectivity index (χ0) is 27.5. The Labute approximate surface area is 225 Å². The molecule has 38 heavy (non-hydrogen) atoms. The van der Waals surface area contributed by atoms with E-state index >= 15 is 0 Å². The van der Waals surface area contributed by atoms with Gasteiger partial charge >= 0.3 is 12.1 Å². The number of carbonyl (C=O) groups excluding carboxylic acids is 2. The Morgan fingerprint density at radius 2 is 1.84 bits per heavy atom. The highest BCUT2D eigenvalue weighted by Gasteiger charge is 2.34. The number of rotatable bonds is 11. The Bertz CT molecular complexity index is 893. The van der Waals surface area contributed by atoms with Crippen LogP contribution in [0.15, 0.2) is 18.2 Å². The lowest BCUT2D eigenvalue weighted by molar-refractivity contribution is -0.00902. The maximum Gasteiger partial charge on any atom is 0.406 e. The number of carbonyl (C=O) groups is 2. The SMILES string of the molecule is CNC[C@H](CC1(C)CCCCC1)NC(=O)N1CCC[C@@H]([C@@H](OCCNC(=O)OC)c2cc(F)cc(F)c2)C1. The third-order valence-electron chi connectivity index (χ3n) is 7.82. The van der Waals surface area contributed by atoms with Crippen LogP contribution in [0.4, 0.5) is 18.4 Å². The number of halogens is 2. The van der Waals surface area contributed by atoms with Crippen LogP contribution < -0.4 is 16.0 Å². The molecule has 1 aromatic carbocycles. The molecule has 3 N–H and O–H groups in total. The average molecular weight is 539 g/mol. The fourth-order valence-electron chi connectivity index (χ4n) is 5.99. The molecule has 2 fully saturated rings. The fraction of sp³-hybridized carbons (Fsp3) is 0.714. The summed E-state index contributed by atoms with van der Waals surface area (Å²) in [6, 6.07) is 3.27. The molecule has 1 heterocycles. The molecule has 1 saturated heterocycles. The van der Waals surface area contributed by atoms with Crippen LogP contribution in [0, 0.1) is 23.0 Å². The number of nitrogens with one attached hydrogen (secondary N) is 3. The van der Waals surface area contributed by atoms with Crippen LogP contribution in [0.2, 0.25) is 0 Å². The minimum atomic E-state index is -0.683. The molecule has 8 nitrogen and oxygen atoms in total. The first-order chi connectivity index (χ1) is 18.2. The monoisotopic (exact) mass is 538 g/mol. The van der Waals surface area contributed by atoms with Gasteiger partial charge in [-0.05, 0) is 62.3 Å². The van der Waals surface area contributed by atoms with Crippen molar-refractivity contribution in [2.24, 2.45) is 11.3 Å². The lowest BCUT2D eigenvalue weighted by atomic mass is 9.72. The van der Waals surface area contributed by atoms with Gasteiger partial charge in [0, 0.05) is 44.2 Å². The summed E-state index contributed by atoms with van der Waals surface area (Å²) in [7, 11) is 3.17. The van der Waals surface area contributed by atoms with Crippen LogP contribution >= 0.6 is 0 Å². The van der Waals surface area contributed by atoms with E-state index in [0.717, 1.165) is 25.3 Å². The summed E-state index contributed by atoms with van der Waals surface area (Å²) in [6.45, 7) is 4.35. The predicted molar refractivity (Wildman–Crippen MR) is 142 cm³/mol. The summed E-state index contributed by atoms with van der Waals surface area (Å²) in [5.74, 6) is -1.52. The van der Waals surface area contributed by atoms with E-state index in [-0.39, 0.29) is 36.6 Å². The molecule has 3 rings (SSSR count). The molecule has 3 atom stereocenters. The lowest BCUT2D eigenvalue weighted by Gasteiger charge is -2.39. The number of urea groups is 1. The first-order valence-corrected chi connectivity index (χ1v) is 13.8. The van der Waals surface area contributed by atoms with Crippen LogP contribution in [-0.4, -0.2) is 70.0 Å². The van der Waals surface area contributed by atoms with Gasteiger partial charge in [0.25, 0.3) is 0 Å². The maximum absolute atomic E-state index is 14.1. The number of ether oxygens (including phenoxy) is 2. The number of nitrogens with zero attached hydrogens (tertiary/aromatic N) is 1. The molecule has 0 radical (unpaired) electrons. The van der Waals surface area contributed by atoms with E-state index in [1.165, 1.54) is 51.3 Å². The standard InChI is InChI=1S/C28H44F2N4O4/c1-28(9-5-4-6-10-28)17-24(18-31-2)33-26(35)34-12-7-8-20(19-34)25(38-13-11-32-27(36)37-3)21-14-22(29)16-23(30)15-21/h14-16,20,24-25,31H,4-13,17-19H2,1-3H3,(H,32,36)(H,33,35)/t20-,24+,25-/m1/s1. The number of alkyl carbamates (subject to hydrolysis) is 1. The van der Waals surface area contributed by atoms with E-state index in [2.05, 4.69) is 27.6 Å². The van der Waals surface area contributed by atoms with E-state index in [9.17, 15) is 18.4 Å². The third kappa shape index (κ3) is 9.08. The quantitative estimate of drug-likeness (QED) is 0.354. The molecule has 10 heteroatoms. The topological polar surface area (TPSA) is 91.9 Å². The first-order valence-electron chi connectivity index (χ1n) is 13.8. The number of likely N-dealkylation sites (tertiary alicyclic amines) is 1. The van der Waals surface area contributed by atoms with E-state index in [1.807, 2.05) is 7.05 Å². The maximum atomic E-state index is 14.1. The lowest BCUT2D eigenvalue weighted by Crippen LogP contribution is -2.52. The Balaban J connectivity index is 1.67. The van der Waals surface area contributed by atoms with Crippen molar-refractivity contribution in [2.75, 3.05) is 46.9 Å². The van der Waals surface area contributed by atoms with E-state index in [1.54, 1.807) is 4.90 Å². The molecule has 0 bridgehead atoms. The summed E-state index contributed by atoms with van der Waals surface area (Å²) in [5.41, 5.74) is 0.613. The number of amides is 3. The Morgan fingerprint density at radius 1 is 1.13 bits per heavy atom. The molecule has 2 aliphatic rings. The van der Waals surface area contributed by atoms with Crippen molar-refractivity contribution >= 4 is 12.1 Å². The molecule has 3 amide bonds. The van der Waals surface area contributed by atoms with Crippen molar-refractivity contribution in [3.05, 3.63) is 35.4 Å². The summed E-state index contributed by atoms with van der Waals surface area (Å²) in [6.07, 6.45) is 7.34. The summed E-state index contributed by atoms with van der Waals surface area (Å²) >= 11 is 0. The van der Waals surface area contributed by atoms with Crippen molar-refractivity contribution in [3.63, 3.8) is 0 Å². The fourth-order valence-corrected chi connectivity index (χ4v) is 5.99. The highest BCUT2D eigenvalue weighted by molar-refractivity contribution is 5.74. The van der Waals surface area contributed by atoms with Crippen LogP contribution in [0.25, 0.3) is 0 Å². The summed E-state index contributed by atoms with van der Waals surface area (Å²) in [4.78, 5) is 26.5. The second-order valence-corrected chi connectivity index (χ2v) is 11.0. The van der Waals surface area contributed by atoms with Gasteiger partial charge in [-0.15, -0.1) is 0 Å². The Hall–Kier alpha value is -2.46. The highest BCUT2D eigenvalue weighted by atomic mass is 19.1. The molecule has 214 valence electrons. The second-order valence-electron chi connectivity index (χ2n) is 11.0. The highest BCUT2D eigenvalue weighted by Crippen LogP contribution is 2.39. The number of hydrogen-bond acceptors (Lipinski definition) is 5. The number of hydrogen-bond donors (Lipinski definition) is 3. The Morgan fingerprint density at radius 3 is 2.50 bits per heavy atom. The van der Waals surface area contributed by atoms with Crippen molar-refractivity contribution < 1.29 is 27.8 Å². The number of piperidine rings is 1. The number of benzene rings is 1. The molecule has 1 aliphatic carbocycles. The molecule has 1 aliphatic heterocycles. The molecular weight excluding hydrogens is 494 g/mol. The molecule has 0 aromatic heterocycles. The van der Waals surface area contributed by atoms with Gasteiger partial charge < -0.3 is 30.3 Å². The zero-order valence-corrected chi connectivity index (χ0v) is 23.0. The van der Waals surface area contributed by atoms with Crippen molar-refractivity contribution in [3.8, 4) is 0 Å². The number of methoxy groups -OCH3 is 1. The van der Waals surface area contributed by atoms with Crippen molar-refractivity contribution in [1.82, 2.24) is 20.9 Å².